The van der Waals surface area contributed by atoms with Gasteiger partial charge in [0, 0.05) is 36.7 Å². The van der Waals surface area contributed by atoms with Gasteiger partial charge in [-0.3, -0.25) is 14.7 Å². The van der Waals surface area contributed by atoms with Crippen molar-refractivity contribution in [1.82, 2.24) is 20.4 Å². The molecule has 2 atom stereocenters. The first-order valence-electron chi connectivity index (χ1n) is 7.37. The van der Waals surface area contributed by atoms with E-state index in [1.807, 2.05) is 4.90 Å². The third-order valence-corrected chi connectivity index (χ3v) is 4.78. The number of carbonyl (C=O) groups is 2. The molecule has 2 saturated heterocycles. The normalized spacial score (nSPS) is 28.2. The van der Waals surface area contributed by atoms with Gasteiger partial charge < -0.3 is 10.2 Å². The fraction of sp³-hybridized carbons (Fsp3) is 0.643. The van der Waals surface area contributed by atoms with Gasteiger partial charge in [-0.1, -0.05) is 0 Å². The van der Waals surface area contributed by atoms with E-state index in [1.165, 1.54) is 6.42 Å². The number of amides is 2. The molecular weight excluding hydrogens is 256 g/mol. The van der Waals surface area contributed by atoms with Crippen LogP contribution in [0.3, 0.4) is 0 Å². The number of likely N-dealkylation sites (tertiary alicyclic amines) is 1. The molecule has 3 aliphatic rings. The van der Waals surface area contributed by atoms with E-state index < -0.39 is 0 Å². The molecule has 0 aromatic carbocycles. The summed E-state index contributed by atoms with van der Waals surface area (Å²) in [5, 5.41) is 10.2. The SMILES string of the molecule is O=C1C[C@H]2CN(C(=O)c3n[nH]c4c3CCCC4)C[C@H]2N1. The average molecular weight is 274 g/mol. The summed E-state index contributed by atoms with van der Waals surface area (Å²) in [5.41, 5.74) is 2.85. The van der Waals surface area contributed by atoms with E-state index >= 15 is 0 Å². The molecule has 0 saturated carbocycles. The lowest BCUT2D eigenvalue weighted by Crippen LogP contribution is -2.36. The molecule has 0 unspecified atom stereocenters. The van der Waals surface area contributed by atoms with Crippen molar-refractivity contribution in [3.05, 3.63) is 17.0 Å². The molecule has 6 nitrogen and oxygen atoms in total. The summed E-state index contributed by atoms with van der Waals surface area (Å²) in [5.74, 6) is 0.415. The number of carbonyl (C=O) groups excluding carboxylic acids is 2. The molecule has 106 valence electrons. The molecule has 4 rings (SSSR count). The molecule has 2 N–H and O–H groups in total. The van der Waals surface area contributed by atoms with Crippen LogP contribution in [-0.4, -0.2) is 46.0 Å². The molecule has 2 amide bonds. The molecular formula is C14H18N4O2. The Kier molecular flexibility index (Phi) is 2.58. The average Bonchev–Trinajstić information content (AvgIpc) is 3.09. The van der Waals surface area contributed by atoms with Crippen LogP contribution in [0.5, 0.6) is 0 Å². The topological polar surface area (TPSA) is 78.1 Å². The van der Waals surface area contributed by atoms with Crippen molar-refractivity contribution in [3.63, 3.8) is 0 Å². The second-order valence-corrected chi connectivity index (χ2v) is 6.08. The number of aromatic amines is 1. The molecule has 0 spiro atoms. The Morgan fingerprint density at radius 3 is 2.95 bits per heavy atom. The Morgan fingerprint density at radius 2 is 2.10 bits per heavy atom. The standard InChI is InChI=1S/C14H18N4O2/c19-12-5-8-6-18(7-11(8)15-12)14(20)13-9-3-1-2-4-10(9)16-17-13/h8,11H,1-7H2,(H,15,19)(H,16,17)/t8-,11+/m0/s1. The summed E-state index contributed by atoms with van der Waals surface area (Å²) >= 11 is 0. The summed E-state index contributed by atoms with van der Waals surface area (Å²) in [6, 6.07) is 0.140. The number of nitrogens with one attached hydrogen (secondary N) is 2. The summed E-state index contributed by atoms with van der Waals surface area (Å²) in [6.45, 7) is 1.29. The van der Waals surface area contributed by atoms with Crippen molar-refractivity contribution in [1.29, 1.82) is 0 Å². The van der Waals surface area contributed by atoms with Gasteiger partial charge in [-0.05, 0) is 25.7 Å². The molecule has 2 fully saturated rings. The smallest absolute Gasteiger partial charge is 0.274 e. The van der Waals surface area contributed by atoms with Crippen LogP contribution in [-0.2, 0) is 17.6 Å². The van der Waals surface area contributed by atoms with Crippen LogP contribution in [0.25, 0.3) is 0 Å². The highest BCUT2D eigenvalue weighted by Gasteiger charge is 2.42. The summed E-state index contributed by atoms with van der Waals surface area (Å²) in [7, 11) is 0. The maximum Gasteiger partial charge on any atom is 0.274 e. The van der Waals surface area contributed by atoms with E-state index in [0.717, 1.165) is 30.5 Å². The van der Waals surface area contributed by atoms with Crippen LogP contribution in [0.1, 0.15) is 41.0 Å². The third kappa shape index (κ3) is 1.74. The van der Waals surface area contributed by atoms with Crippen LogP contribution in [0.15, 0.2) is 0 Å². The largest absolute Gasteiger partial charge is 0.351 e. The number of aromatic nitrogens is 2. The highest BCUT2D eigenvalue weighted by Crippen LogP contribution is 2.28. The Balaban J connectivity index is 1.54. The van der Waals surface area contributed by atoms with Gasteiger partial charge in [-0.25, -0.2) is 0 Å². The van der Waals surface area contributed by atoms with E-state index in [9.17, 15) is 9.59 Å². The van der Waals surface area contributed by atoms with E-state index in [4.69, 9.17) is 0 Å². The van der Waals surface area contributed by atoms with Crippen LogP contribution in [0, 0.1) is 5.92 Å². The van der Waals surface area contributed by atoms with Crippen LogP contribution in [0.2, 0.25) is 0 Å². The second kappa shape index (κ2) is 4.33. The number of nitrogens with zero attached hydrogens (tertiary/aromatic N) is 2. The van der Waals surface area contributed by atoms with Gasteiger partial charge in [0.2, 0.25) is 5.91 Å². The summed E-state index contributed by atoms with van der Waals surface area (Å²) in [4.78, 5) is 25.8. The molecule has 3 heterocycles. The van der Waals surface area contributed by atoms with Crippen molar-refractivity contribution < 1.29 is 9.59 Å². The molecule has 6 heteroatoms. The Hall–Kier alpha value is -1.85. The van der Waals surface area contributed by atoms with Crippen molar-refractivity contribution in [2.24, 2.45) is 5.92 Å². The van der Waals surface area contributed by atoms with Crippen LogP contribution < -0.4 is 5.32 Å². The highest BCUT2D eigenvalue weighted by molar-refractivity contribution is 5.94. The minimum Gasteiger partial charge on any atom is -0.351 e. The quantitative estimate of drug-likeness (QED) is 0.770. The zero-order valence-electron chi connectivity index (χ0n) is 11.3. The molecule has 20 heavy (non-hydrogen) atoms. The van der Waals surface area contributed by atoms with Crippen molar-refractivity contribution in [2.75, 3.05) is 13.1 Å². The Labute approximate surface area is 116 Å². The maximum atomic E-state index is 12.6. The van der Waals surface area contributed by atoms with Gasteiger partial charge in [0.25, 0.3) is 5.91 Å². The zero-order valence-corrected chi connectivity index (χ0v) is 11.3. The highest BCUT2D eigenvalue weighted by atomic mass is 16.2. The van der Waals surface area contributed by atoms with Crippen molar-refractivity contribution >= 4 is 11.8 Å². The van der Waals surface area contributed by atoms with Gasteiger partial charge in [0.05, 0.1) is 6.04 Å². The van der Waals surface area contributed by atoms with Crippen molar-refractivity contribution in [2.45, 2.75) is 38.1 Å². The molecule has 1 aromatic heterocycles. The first-order valence-corrected chi connectivity index (χ1v) is 7.37. The minimum absolute atomic E-state index is 0.0213. The van der Waals surface area contributed by atoms with Gasteiger partial charge in [-0.2, -0.15) is 5.10 Å². The number of H-pyrrole nitrogens is 1. The lowest BCUT2D eigenvalue weighted by Gasteiger charge is -2.18. The Bertz CT molecular complexity index is 564. The lowest BCUT2D eigenvalue weighted by molar-refractivity contribution is -0.119. The summed E-state index contributed by atoms with van der Waals surface area (Å²) in [6.07, 6.45) is 4.80. The molecule has 0 radical (unpaired) electrons. The molecule has 0 bridgehead atoms. The van der Waals surface area contributed by atoms with Crippen LogP contribution >= 0.6 is 0 Å². The van der Waals surface area contributed by atoms with E-state index in [0.29, 0.717) is 25.2 Å². The molecule has 1 aromatic rings. The number of hydrogen-bond acceptors (Lipinski definition) is 3. The zero-order chi connectivity index (χ0) is 13.7. The molecule has 2 aliphatic heterocycles. The third-order valence-electron chi connectivity index (χ3n) is 4.78. The van der Waals surface area contributed by atoms with Crippen LogP contribution in [0.4, 0.5) is 0 Å². The van der Waals surface area contributed by atoms with E-state index in [-0.39, 0.29) is 23.8 Å². The fourth-order valence-electron chi connectivity index (χ4n) is 3.72. The number of hydrogen-bond donors (Lipinski definition) is 2. The lowest BCUT2D eigenvalue weighted by atomic mass is 9.95. The van der Waals surface area contributed by atoms with Gasteiger partial charge >= 0.3 is 0 Å². The predicted molar refractivity (Wildman–Crippen MR) is 71.2 cm³/mol. The Morgan fingerprint density at radius 1 is 1.25 bits per heavy atom. The maximum absolute atomic E-state index is 12.6. The monoisotopic (exact) mass is 274 g/mol. The predicted octanol–water partition coefficient (Wildman–Crippen LogP) is 0.249. The minimum atomic E-state index is 0.0213. The van der Waals surface area contributed by atoms with Gasteiger partial charge in [-0.15, -0.1) is 0 Å². The summed E-state index contributed by atoms with van der Waals surface area (Å²) < 4.78 is 0. The first kappa shape index (κ1) is 11.9. The first-order chi connectivity index (χ1) is 9.72. The molecule has 1 aliphatic carbocycles. The fourth-order valence-corrected chi connectivity index (χ4v) is 3.72. The number of rotatable bonds is 1. The number of fused-ring (bicyclic) bond motifs is 2. The number of aryl methyl sites for hydroxylation is 1. The van der Waals surface area contributed by atoms with E-state index in [1.54, 1.807) is 0 Å². The second-order valence-electron chi connectivity index (χ2n) is 6.08. The van der Waals surface area contributed by atoms with E-state index in [2.05, 4.69) is 15.5 Å². The van der Waals surface area contributed by atoms with Crippen molar-refractivity contribution in [3.8, 4) is 0 Å². The van der Waals surface area contributed by atoms with Gasteiger partial charge in [0.1, 0.15) is 0 Å². The van der Waals surface area contributed by atoms with Gasteiger partial charge in [0.15, 0.2) is 5.69 Å².